The fourth-order valence-corrected chi connectivity index (χ4v) is 2.09. The van der Waals surface area contributed by atoms with E-state index < -0.39 is 17.6 Å². The summed E-state index contributed by atoms with van der Waals surface area (Å²) in [6.07, 6.45) is -4.44. The first kappa shape index (κ1) is 15.2. The van der Waals surface area contributed by atoms with Crippen molar-refractivity contribution in [2.45, 2.75) is 20.0 Å². The van der Waals surface area contributed by atoms with Crippen molar-refractivity contribution in [1.82, 2.24) is 0 Å². The van der Waals surface area contributed by atoms with E-state index in [1.165, 1.54) is 32.0 Å². The summed E-state index contributed by atoms with van der Waals surface area (Å²) in [5.74, 6) is -0.816. The van der Waals surface area contributed by atoms with Gasteiger partial charge in [-0.1, -0.05) is 6.07 Å². The van der Waals surface area contributed by atoms with E-state index >= 15 is 0 Å². The molecule has 0 bridgehead atoms. The van der Waals surface area contributed by atoms with Crippen molar-refractivity contribution in [1.29, 1.82) is 0 Å². The first-order valence-electron chi connectivity index (χ1n) is 6.19. The predicted molar refractivity (Wildman–Crippen MR) is 71.6 cm³/mol. The van der Waals surface area contributed by atoms with Crippen LogP contribution in [0.3, 0.4) is 0 Å². The molecule has 0 unspecified atom stereocenters. The second kappa shape index (κ2) is 5.31. The standard InChI is InChI=1S/C16H12F4O/c1-9-7-12(16(18,19)20)4-5-13(9)14-8-11(10(2)21)3-6-15(14)17/h3-8H,1-2H3. The molecule has 0 amide bonds. The zero-order valence-electron chi connectivity index (χ0n) is 11.4. The van der Waals surface area contributed by atoms with Gasteiger partial charge in [-0.15, -0.1) is 0 Å². The molecule has 0 radical (unpaired) electrons. The number of Topliss-reactive ketones (excluding diaryl/α,β-unsaturated/α-hetero) is 1. The molecule has 1 nitrogen and oxygen atoms in total. The molecule has 0 fully saturated rings. The van der Waals surface area contributed by atoms with Crippen LogP contribution in [-0.2, 0) is 6.18 Å². The SMILES string of the molecule is CC(=O)c1ccc(F)c(-c2ccc(C(F)(F)F)cc2C)c1. The fourth-order valence-electron chi connectivity index (χ4n) is 2.09. The van der Waals surface area contributed by atoms with Gasteiger partial charge in [0, 0.05) is 11.1 Å². The molecular formula is C16H12F4O. The van der Waals surface area contributed by atoms with Gasteiger partial charge in [0.15, 0.2) is 5.78 Å². The van der Waals surface area contributed by atoms with Crippen LogP contribution >= 0.6 is 0 Å². The number of carbonyl (C=O) groups excluding carboxylic acids is 1. The molecule has 0 aromatic heterocycles. The normalized spacial score (nSPS) is 11.5. The Morgan fingerprint density at radius 3 is 2.19 bits per heavy atom. The highest BCUT2D eigenvalue weighted by molar-refractivity contribution is 5.95. The van der Waals surface area contributed by atoms with Crippen LogP contribution in [0.4, 0.5) is 17.6 Å². The second-order valence-corrected chi connectivity index (χ2v) is 4.78. The van der Waals surface area contributed by atoms with Crippen LogP contribution in [0.2, 0.25) is 0 Å². The summed E-state index contributed by atoms with van der Waals surface area (Å²) in [5, 5.41) is 0. The van der Waals surface area contributed by atoms with Gasteiger partial charge in [0.1, 0.15) is 5.82 Å². The number of carbonyl (C=O) groups is 1. The number of halogens is 4. The molecule has 0 aliphatic rings. The maximum absolute atomic E-state index is 13.9. The van der Waals surface area contributed by atoms with Crippen molar-refractivity contribution in [3.63, 3.8) is 0 Å². The number of hydrogen-bond donors (Lipinski definition) is 0. The first-order valence-corrected chi connectivity index (χ1v) is 6.19. The molecule has 5 heteroatoms. The van der Waals surface area contributed by atoms with Crippen molar-refractivity contribution >= 4 is 5.78 Å². The van der Waals surface area contributed by atoms with Gasteiger partial charge in [-0.2, -0.15) is 13.2 Å². The maximum Gasteiger partial charge on any atom is 0.416 e. The van der Waals surface area contributed by atoms with E-state index in [0.717, 1.165) is 18.2 Å². The lowest BCUT2D eigenvalue weighted by Gasteiger charge is -2.12. The molecule has 2 aromatic carbocycles. The Morgan fingerprint density at radius 1 is 1.00 bits per heavy atom. The van der Waals surface area contributed by atoms with E-state index in [1.54, 1.807) is 0 Å². The number of ketones is 1. The highest BCUT2D eigenvalue weighted by Gasteiger charge is 2.30. The summed E-state index contributed by atoms with van der Waals surface area (Å²) in [6.45, 7) is 2.82. The molecule has 0 heterocycles. The highest BCUT2D eigenvalue weighted by atomic mass is 19.4. The van der Waals surface area contributed by atoms with Gasteiger partial charge < -0.3 is 0 Å². The minimum atomic E-state index is -4.44. The molecular weight excluding hydrogens is 284 g/mol. The molecule has 110 valence electrons. The number of rotatable bonds is 2. The Labute approximate surface area is 119 Å². The molecule has 0 saturated heterocycles. The van der Waals surface area contributed by atoms with Gasteiger partial charge in [0.25, 0.3) is 0 Å². The molecule has 0 aliphatic heterocycles. The van der Waals surface area contributed by atoms with Crippen LogP contribution < -0.4 is 0 Å². The lowest BCUT2D eigenvalue weighted by atomic mass is 9.96. The Kier molecular flexibility index (Phi) is 3.85. The second-order valence-electron chi connectivity index (χ2n) is 4.78. The third kappa shape index (κ3) is 3.12. The van der Waals surface area contributed by atoms with Crippen LogP contribution in [0.15, 0.2) is 36.4 Å². The average Bonchev–Trinajstić information content (AvgIpc) is 2.38. The van der Waals surface area contributed by atoms with E-state index in [0.29, 0.717) is 16.7 Å². The van der Waals surface area contributed by atoms with Crippen LogP contribution in [0.25, 0.3) is 11.1 Å². The molecule has 21 heavy (non-hydrogen) atoms. The van der Waals surface area contributed by atoms with Gasteiger partial charge in [0.05, 0.1) is 5.56 Å². The molecule has 2 aromatic rings. The topological polar surface area (TPSA) is 17.1 Å². The van der Waals surface area contributed by atoms with Crippen molar-refractivity contribution in [2.24, 2.45) is 0 Å². The van der Waals surface area contributed by atoms with E-state index in [-0.39, 0.29) is 11.3 Å². The van der Waals surface area contributed by atoms with Crippen molar-refractivity contribution in [2.75, 3.05) is 0 Å². The zero-order chi connectivity index (χ0) is 15.8. The van der Waals surface area contributed by atoms with E-state index in [4.69, 9.17) is 0 Å². The van der Waals surface area contributed by atoms with E-state index in [1.807, 2.05) is 0 Å². The summed E-state index contributed by atoms with van der Waals surface area (Å²) in [6, 6.07) is 6.94. The van der Waals surface area contributed by atoms with Crippen LogP contribution in [0.1, 0.15) is 28.4 Å². The quantitative estimate of drug-likeness (QED) is 0.561. The smallest absolute Gasteiger partial charge is 0.295 e. The largest absolute Gasteiger partial charge is 0.416 e. The van der Waals surface area contributed by atoms with Gasteiger partial charge in [-0.25, -0.2) is 4.39 Å². The third-order valence-electron chi connectivity index (χ3n) is 3.22. The van der Waals surface area contributed by atoms with Crippen molar-refractivity contribution < 1.29 is 22.4 Å². The molecule has 0 spiro atoms. The summed E-state index contributed by atoms with van der Waals surface area (Å²) < 4.78 is 51.8. The Bertz CT molecular complexity index is 702. The summed E-state index contributed by atoms with van der Waals surface area (Å²) in [7, 11) is 0. The monoisotopic (exact) mass is 296 g/mol. The Hall–Kier alpha value is -2.17. The number of aryl methyl sites for hydroxylation is 1. The summed E-state index contributed by atoms with van der Waals surface area (Å²) >= 11 is 0. The lowest BCUT2D eigenvalue weighted by molar-refractivity contribution is -0.137. The van der Waals surface area contributed by atoms with Gasteiger partial charge >= 0.3 is 6.18 Å². The molecule has 0 N–H and O–H groups in total. The van der Waals surface area contributed by atoms with Crippen molar-refractivity contribution in [3.05, 3.63) is 58.9 Å². The van der Waals surface area contributed by atoms with Gasteiger partial charge in [-0.05, 0) is 55.3 Å². The summed E-state index contributed by atoms with van der Waals surface area (Å²) in [4.78, 5) is 11.3. The van der Waals surface area contributed by atoms with Crippen LogP contribution in [-0.4, -0.2) is 5.78 Å². The molecule has 0 saturated carbocycles. The molecule has 0 aliphatic carbocycles. The van der Waals surface area contributed by atoms with E-state index in [2.05, 4.69) is 0 Å². The number of benzene rings is 2. The minimum Gasteiger partial charge on any atom is -0.295 e. The lowest BCUT2D eigenvalue weighted by Crippen LogP contribution is -2.05. The minimum absolute atomic E-state index is 0.119. The van der Waals surface area contributed by atoms with Crippen molar-refractivity contribution in [3.8, 4) is 11.1 Å². The van der Waals surface area contributed by atoms with Crippen LogP contribution in [0, 0.1) is 12.7 Å². The number of hydrogen-bond acceptors (Lipinski definition) is 1. The zero-order valence-corrected chi connectivity index (χ0v) is 11.4. The van der Waals surface area contributed by atoms with E-state index in [9.17, 15) is 22.4 Å². The average molecular weight is 296 g/mol. The molecule has 0 atom stereocenters. The van der Waals surface area contributed by atoms with Crippen LogP contribution in [0.5, 0.6) is 0 Å². The first-order chi connectivity index (χ1) is 9.70. The Morgan fingerprint density at radius 2 is 1.67 bits per heavy atom. The maximum atomic E-state index is 13.9. The predicted octanol–water partition coefficient (Wildman–Crippen LogP) is 5.02. The summed E-state index contributed by atoms with van der Waals surface area (Å²) in [5.41, 5.74) is 0.277. The Balaban J connectivity index is 2.57. The third-order valence-corrected chi connectivity index (χ3v) is 3.22. The van der Waals surface area contributed by atoms with Gasteiger partial charge in [-0.3, -0.25) is 4.79 Å². The van der Waals surface area contributed by atoms with Gasteiger partial charge in [0.2, 0.25) is 0 Å². The highest BCUT2D eigenvalue weighted by Crippen LogP contribution is 2.34. The fraction of sp³-hybridized carbons (Fsp3) is 0.188. The number of alkyl halides is 3. The molecule has 2 rings (SSSR count).